The Kier molecular flexibility index (Phi) is 5.04. The van der Waals surface area contributed by atoms with E-state index >= 15 is 0 Å². The molecule has 0 bridgehead atoms. The Labute approximate surface area is 115 Å². The van der Waals surface area contributed by atoms with Gasteiger partial charge in [-0.05, 0) is 45.0 Å². The molecule has 1 aromatic rings. The van der Waals surface area contributed by atoms with Gasteiger partial charge in [-0.25, -0.2) is 0 Å². The summed E-state index contributed by atoms with van der Waals surface area (Å²) in [4.78, 5) is 2.60. The summed E-state index contributed by atoms with van der Waals surface area (Å²) in [6.07, 6.45) is 3.93. The Balaban J connectivity index is 2.15. The van der Waals surface area contributed by atoms with Gasteiger partial charge >= 0.3 is 0 Å². The monoisotopic (exact) mass is 266 g/mol. The molecule has 1 N–H and O–H groups in total. The maximum atomic E-state index is 6.32. The van der Waals surface area contributed by atoms with Crippen LogP contribution in [-0.2, 0) is 0 Å². The molecule has 0 radical (unpaired) electrons. The minimum Gasteiger partial charge on any atom is -0.318 e. The number of likely N-dealkylation sites (tertiary alicyclic amines) is 1. The van der Waals surface area contributed by atoms with Crippen LogP contribution >= 0.6 is 11.6 Å². The highest BCUT2D eigenvalue weighted by Crippen LogP contribution is 2.31. The van der Waals surface area contributed by atoms with E-state index in [0.29, 0.717) is 12.1 Å². The predicted octanol–water partition coefficient (Wildman–Crippen LogP) is 3.47. The molecule has 0 aromatic heterocycles. The number of nitrogens with zero attached hydrogens (tertiary/aromatic N) is 1. The van der Waals surface area contributed by atoms with Gasteiger partial charge in [0.05, 0.1) is 0 Å². The summed E-state index contributed by atoms with van der Waals surface area (Å²) in [6, 6.07) is 9.25. The van der Waals surface area contributed by atoms with Crippen molar-refractivity contribution in [3.05, 3.63) is 34.9 Å². The first-order valence-electron chi connectivity index (χ1n) is 6.89. The van der Waals surface area contributed by atoms with Crippen LogP contribution in [0.15, 0.2) is 24.3 Å². The van der Waals surface area contributed by atoms with Gasteiger partial charge in [0.25, 0.3) is 0 Å². The minimum atomic E-state index is 0.400. The van der Waals surface area contributed by atoms with Crippen molar-refractivity contribution in [3.8, 4) is 0 Å². The second-order valence-corrected chi connectivity index (χ2v) is 5.55. The Morgan fingerprint density at radius 1 is 1.39 bits per heavy atom. The molecule has 1 aromatic carbocycles. The van der Waals surface area contributed by atoms with Crippen molar-refractivity contribution in [2.45, 2.75) is 38.3 Å². The van der Waals surface area contributed by atoms with Gasteiger partial charge in [-0.2, -0.15) is 0 Å². The summed E-state index contributed by atoms with van der Waals surface area (Å²) in [5, 5.41) is 4.20. The zero-order valence-electron chi connectivity index (χ0n) is 11.3. The summed E-state index contributed by atoms with van der Waals surface area (Å²) in [6.45, 7) is 4.52. The van der Waals surface area contributed by atoms with Crippen LogP contribution in [0.25, 0.3) is 0 Å². The number of rotatable bonds is 4. The van der Waals surface area contributed by atoms with Crippen molar-refractivity contribution in [3.63, 3.8) is 0 Å². The number of hydrogen-bond acceptors (Lipinski definition) is 2. The predicted molar refractivity (Wildman–Crippen MR) is 78.1 cm³/mol. The molecule has 2 nitrogen and oxygen atoms in total. The zero-order valence-corrected chi connectivity index (χ0v) is 12.1. The van der Waals surface area contributed by atoms with Crippen LogP contribution in [0.5, 0.6) is 0 Å². The van der Waals surface area contributed by atoms with Gasteiger partial charge in [-0.15, -0.1) is 0 Å². The molecule has 1 aliphatic heterocycles. The standard InChI is InChI=1S/C15H23ClN2/c1-12(14-8-3-4-9-15(14)16)18-10-6-5-7-13(18)11-17-2/h3-4,8-9,12-13,17H,5-7,10-11H2,1-2H3. The van der Waals surface area contributed by atoms with Crippen molar-refractivity contribution in [1.29, 1.82) is 0 Å². The van der Waals surface area contributed by atoms with Gasteiger partial charge in [-0.1, -0.05) is 36.2 Å². The van der Waals surface area contributed by atoms with Crippen molar-refractivity contribution in [2.75, 3.05) is 20.1 Å². The third-order valence-electron chi connectivity index (χ3n) is 3.97. The van der Waals surface area contributed by atoms with E-state index in [1.54, 1.807) is 0 Å². The smallest absolute Gasteiger partial charge is 0.0453 e. The molecule has 2 rings (SSSR count). The highest BCUT2D eigenvalue weighted by Gasteiger charge is 2.27. The van der Waals surface area contributed by atoms with Gasteiger partial charge < -0.3 is 5.32 Å². The van der Waals surface area contributed by atoms with E-state index < -0.39 is 0 Å². The van der Waals surface area contributed by atoms with Crippen LogP contribution < -0.4 is 5.32 Å². The quantitative estimate of drug-likeness (QED) is 0.898. The van der Waals surface area contributed by atoms with Gasteiger partial charge in [0.1, 0.15) is 0 Å². The summed E-state index contributed by atoms with van der Waals surface area (Å²) in [5.74, 6) is 0. The highest BCUT2D eigenvalue weighted by atomic mass is 35.5. The van der Waals surface area contributed by atoms with E-state index in [4.69, 9.17) is 11.6 Å². The normalized spacial score (nSPS) is 22.9. The van der Waals surface area contributed by atoms with E-state index in [0.717, 1.165) is 11.6 Å². The number of benzene rings is 1. The average Bonchev–Trinajstić information content (AvgIpc) is 2.40. The molecule has 1 saturated heterocycles. The molecule has 2 atom stereocenters. The largest absolute Gasteiger partial charge is 0.318 e. The Morgan fingerprint density at radius 3 is 2.89 bits per heavy atom. The van der Waals surface area contributed by atoms with Crippen molar-refractivity contribution in [2.24, 2.45) is 0 Å². The van der Waals surface area contributed by atoms with Crippen LogP contribution in [0.1, 0.15) is 37.8 Å². The van der Waals surface area contributed by atoms with Gasteiger partial charge in [0.15, 0.2) is 0 Å². The topological polar surface area (TPSA) is 15.3 Å². The lowest BCUT2D eigenvalue weighted by molar-refractivity contribution is 0.103. The Bertz CT molecular complexity index is 379. The molecular formula is C15H23ClN2. The van der Waals surface area contributed by atoms with E-state index in [2.05, 4.69) is 29.3 Å². The highest BCUT2D eigenvalue weighted by molar-refractivity contribution is 6.31. The number of halogens is 1. The number of hydrogen-bond donors (Lipinski definition) is 1. The molecule has 0 saturated carbocycles. The number of nitrogens with one attached hydrogen (secondary N) is 1. The fraction of sp³-hybridized carbons (Fsp3) is 0.600. The molecule has 1 aliphatic rings. The lowest BCUT2D eigenvalue weighted by Gasteiger charge is -2.40. The van der Waals surface area contributed by atoms with Crippen LogP contribution in [0.4, 0.5) is 0 Å². The maximum absolute atomic E-state index is 6.32. The second kappa shape index (κ2) is 6.55. The van der Waals surface area contributed by atoms with E-state index in [-0.39, 0.29) is 0 Å². The van der Waals surface area contributed by atoms with Crippen molar-refractivity contribution >= 4 is 11.6 Å². The first kappa shape index (κ1) is 13.9. The second-order valence-electron chi connectivity index (χ2n) is 5.14. The molecular weight excluding hydrogens is 244 g/mol. The molecule has 2 unspecified atom stereocenters. The van der Waals surface area contributed by atoms with Crippen LogP contribution in [-0.4, -0.2) is 31.1 Å². The fourth-order valence-electron chi connectivity index (χ4n) is 2.98. The first-order chi connectivity index (χ1) is 8.74. The molecule has 0 aliphatic carbocycles. The SMILES string of the molecule is CNCC1CCCCN1C(C)c1ccccc1Cl. The summed E-state index contributed by atoms with van der Waals surface area (Å²) < 4.78 is 0. The summed E-state index contributed by atoms with van der Waals surface area (Å²) in [5.41, 5.74) is 1.25. The van der Waals surface area contributed by atoms with E-state index in [1.807, 2.05) is 19.2 Å². The Morgan fingerprint density at radius 2 is 2.17 bits per heavy atom. The summed E-state index contributed by atoms with van der Waals surface area (Å²) >= 11 is 6.32. The molecule has 0 spiro atoms. The molecule has 1 heterocycles. The first-order valence-corrected chi connectivity index (χ1v) is 7.26. The van der Waals surface area contributed by atoms with Crippen molar-refractivity contribution < 1.29 is 0 Å². The molecule has 1 fully saturated rings. The zero-order chi connectivity index (χ0) is 13.0. The molecule has 18 heavy (non-hydrogen) atoms. The third kappa shape index (κ3) is 3.05. The summed E-state index contributed by atoms with van der Waals surface area (Å²) in [7, 11) is 2.03. The minimum absolute atomic E-state index is 0.400. The number of piperidine rings is 1. The van der Waals surface area contributed by atoms with Gasteiger partial charge in [0.2, 0.25) is 0 Å². The van der Waals surface area contributed by atoms with E-state index in [1.165, 1.54) is 31.4 Å². The van der Waals surface area contributed by atoms with Crippen LogP contribution in [0, 0.1) is 0 Å². The van der Waals surface area contributed by atoms with Gasteiger partial charge in [0, 0.05) is 23.7 Å². The lowest BCUT2D eigenvalue weighted by Crippen LogP contribution is -2.46. The maximum Gasteiger partial charge on any atom is 0.0453 e. The molecule has 0 amide bonds. The molecule has 100 valence electrons. The molecule has 3 heteroatoms. The lowest BCUT2D eigenvalue weighted by atomic mass is 9.97. The Hall–Kier alpha value is -0.570. The van der Waals surface area contributed by atoms with E-state index in [9.17, 15) is 0 Å². The van der Waals surface area contributed by atoms with Crippen LogP contribution in [0.2, 0.25) is 5.02 Å². The number of likely N-dealkylation sites (N-methyl/N-ethyl adjacent to an activating group) is 1. The fourth-order valence-corrected chi connectivity index (χ4v) is 3.27. The third-order valence-corrected chi connectivity index (χ3v) is 4.31. The van der Waals surface area contributed by atoms with Crippen LogP contribution in [0.3, 0.4) is 0 Å². The van der Waals surface area contributed by atoms with Gasteiger partial charge in [-0.3, -0.25) is 4.90 Å². The average molecular weight is 267 g/mol. The van der Waals surface area contributed by atoms with Crippen molar-refractivity contribution in [1.82, 2.24) is 10.2 Å².